The predicted octanol–water partition coefficient (Wildman–Crippen LogP) is 0.306. The highest BCUT2D eigenvalue weighted by Gasteiger charge is 2.16. The lowest BCUT2D eigenvalue weighted by atomic mass is 9.92. The van der Waals surface area contributed by atoms with Crippen molar-refractivity contribution in [1.82, 2.24) is 0 Å². The summed E-state index contributed by atoms with van der Waals surface area (Å²) in [5.41, 5.74) is 3.22. The third-order valence-electron chi connectivity index (χ3n) is 3.70. The Labute approximate surface area is 133 Å². The highest BCUT2D eigenvalue weighted by atomic mass is 16.5. The summed E-state index contributed by atoms with van der Waals surface area (Å²) in [6, 6.07) is 8.31. The molecule has 0 aliphatic heterocycles. The van der Waals surface area contributed by atoms with Crippen molar-refractivity contribution in [2.75, 3.05) is 0 Å². The van der Waals surface area contributed by atoms with E-state index in [2.05, 4.69) is 0 Å². The largest absolute Gasteiger partial charge is 0.392 e. The van der Waals surface area contributed by atoms with Crippen LogP contribution in [0.3, 0.4) is 0 Å². The third kappa shape index (κ3) is 3.76. The summed E-state index contributed by atoms with van der Waals surface area (Å²) in [5, 5.41) is 56.5. The van der Waals surface area contributed by atoms with Gasteiger partial charge in [0.25, 0.3) is 0 Å². The van der Waals surface area contributed by atoms with Crippen LogP contribution in [0.2, 0.25) is 0 Å². The van der Waals surface area contributed by atoms with E-state index in [4.69, 9.17) is 0 Å². The van der Waals surface area contributed by atoms with E-state index in [-0.39, 0.29) is 18.8 Å². The topological polar surface area (TPSA) is 121 Å². The molecular formula is C17H20O6. The monoisotopic (exact) mass is 320 g/mol. The van der Waals surface area contributed by atoms with Crippen molar-refractivity contribution in [3.8, 4) is 11.1 Å². The molecule has 0 bridgehead atoms. The summed E-state index contributed by atoms with van der Waals surface area (Å²) < 4.78 is 0. The van der Waals surface area contributed by atoms with Crippen molar-refractivity contribution in [3.63, 3.8) is 0 Å². The van der Waals surface area contributed by atoms with Gasteiger partial charge >= 0.3 is 0 Å². The average Bonchev–Trinajstić information content (AvgIpc) is 2.59. The molecule has 23 heavy (non-hydrogen) atoms. The lowest BCUT2D eigenvalue weighted by molar-refractivity contribution is -0.0450. The second-order valence-corrected chi connectivity index (χ2v) is 5.25. The zero-order chi connectivity index (χ0) is 17.0. The number of rotatable bonds is 6. The van der Waals surface area contributed by atoms with E-state index < -0.39 is 19.5 Å². The van der Waals surface area contributed by atoms with Gasteiger partial charge in [-0.2, -0.15) is 0 Å². The minimum absolute atomic E-state index is 0.0828. The molecule has 0 aliphatic carbocycles. The van der Waals surface area contributed by atoms with Crippen molar-refractivity contribution in [2.45, 2.75) is 32.7 Å². The second-order valence-electron chi connectivity index (χ2n) is 5.25. The van der Waals surface area contributed by atoms with Crippen LogP contribution in [0.15, 0.2) is 30.3 Å². The van der Waals surface area contributed by atoms with Gasteiger partial charge in [-0.3, -0.25) is 0 Å². The van der Waals surface area contributed by atoms with Gasteiger partial charge in [0.15, 0.2) is 6.29 Å². The van der Waals surface area contributed by atoms with Crippen LogP contribution in [0.25, 0.3) is 11.1 Å². The Kier molecular flexibility index (Phi) is 5.84. The zero-order valence-corrected chi connectivity index (χ0v) is 12.5. The SMILES string of the molecule is OCc1cc(CO)cc(-c2cc(CO)c(C(O)O)c(CO)c2)c1. The first kappa shape index (κ1) is 17.6. The van der Waals surface area contributed by atoms with Gasteiger partial charge in [-0.25, -0.2) is 0 Å². The van der Waals surface area contributed by atoms with Gasteiger partial charge in [-0.15, -0.1) is 0 Å². The molecule has 0 spiro atoms. The van der Waals surface area contributed by atoms with Crippen molar-refractivity contribution in [3.05, 3.63) is 58.1 Å². The quantitative estimate of drug-likeness (QED) is 0.426. The lowest BCUT2D eigenvalue weighted by Gasteiger charge is -2.17. The summed E-state index contributed by atoms with van der Waals surface area (Å²) in [5.74, 6) is 0. The molecule has 6 heteroatoms. The zero-order valence-electron chi connectivity index (χ0n) is 12.5. The first-order valence-corrected chi connectivity index (χ1v) is 7.12. The maximum absolute atomic E-state index is 9.48. The molecule has 2 aromatic carbocycles. The maximum Gasteiger partial charge on any atom is 0.179 e. The molecule has 0 heterocycles. The van der Waals surface area contributed by atoms with Gasteiger partial charge in [0.2, 0.25) is 0 Å². The molecule has 0 amide bonds. The first-order valence-electron chi connectivity index (χ1n) is 7.12. The van der Waals surface area contributed by atoms with Crippen LogP contribution in [-0.4, -0.2) is 30.6 Å². The van der Waals surface area contributed by atoms with E-state index in [1.807, 2.05) is 0 Å². The summed E-state index contributed by atoms with van der Waals surface area (Å²) >= 11 is 0. The lowest BCUT2D eigenvalue weighted by Crippen LogP contribution is -2.07. The molecule has 0 saturated carbocycles. The molecule has 0 aromatic heterocycles. The Hall–Kier alpha value is -1.80. The van der Waals surface area contributed by atoms with E-state index in [1.54, 1.807) is 30.3 Å². The smallest absolute Gasteiger partial charge is 0.179 e. The fraction of sp³-hybridized carbons (Fsp3) is 0.294. The molecule has 6 N–H and O–H groups in total. The first-order chi connectivity index (χ1) is 11.0. The van der Waals surface area contributed by atoms with Crippen molar-refractivity contribution >= 4 is 0 Å². The third-order valence-corrected chi connectivity index (χ3v) is 3.70. The highest BCUT2D eigenvalue weighted by Crippen LogP contribution is 2.30. The molecule has 0 radical (unpaired) electrons. The van der Waals surface area contributed by atoms with Crippen LogP contribution in [0.5, 0.6) is 0 Å². The van der Waals surface area contributed by atoms with Crippen molar-refractivity contribution in [1.29, 1.82) is 0 Å². The normalized spacial score (nSPS) is 11.3. The van der Waals surface area contributed by atoms with Crippen molar-refractivity contribution < 1.29 is 30.6 Å². The second kappa shape index (κ2) is 7.65. The Bertz CT molecular complexity index is 634. The Balaban J connectivity index is 2.64. The average molecular weight is 320 g/mol. The molecule has 0 atom stereocenters. The molecule has 2 aromatic rings. The number of aliphatic hydroxyl groups is 6. The minimum Gasteiger partial charge on any atom is -0.392 e. The van der Waals surface area contributed by atoms with E-state index in [0.717, 1.165) is 0 Å². The number of hydrogen-bond acceptors (Lipinski definition) is 6. The molecule has 0 aliphatic rings. The molecule has 124 valence electrons. The Morgan fingerprint density at radius 3 is 1.39 bits per heavy atom. The number of aliphatic hydroxyl groups excluding tert-OH is 5. The summed E-state index contributed by atoms with van der Waals surface area (Å²) in [4.78, 5) is 0. The van der Waals surface area contributed by atoms with Crippen LogP contribution < -0.4 is 0 Å². The van der Waals surface area contributed by atoms with E-state index in [9.17, 15) is 30.6 Å². The van der Waals surface area contributed by atoms with Crippen LogP contribution >= 0.6 is 0 Å². The predicted molar refractivity (Wildman–Crippen MR) is 82.7 cm³/mol. The van der Waals surface area contributed by atoms with Gasteiger partial charge in [0.1, 0.15) is 0 Å². The van der Waals surface area contributed by atoms with Gasteiger partial charge < -0.3 is 30.6 Å². The standard InChI is InChI=1S/C17H20O6/c18-6-10-1-11(7-19)3-12(2-10)13-4-14(8-20)16(17(22)23)15(5-13)9-21/h1-5,17-23H,6-9H2. The van der Waals surface area contributed by atoms with Gasteiger partial charge in [0, 0.05) is 5.56 Å². The fourth-order valence-corrected chi connectivity index (χ4v) is 2.65. The van der Waals surface area contributed by atoms with Crippen LogP contribution in [0, 0.1) is 0 Å². The number of benzene rings is 2. The molecular weight excluding hydrogens is 300 g/mol. The maximum atomic E-state index is 9.48. The van der Waals surface area contributed by atoms with Crippen molar-refractivity contribution in [2.24, 2.45) is 0 Å². The van der Waals surface area contributed by atoms with E-state index >= 15 is 0 Å². The van der Waals surface area contributed by atoms with Crippen LogP contribution in [-0.2, 0) is 26.4 Å². The van der Waals surface area contributed by atoms with Gasteiger partial charge in [-0.05, 0) is 57.6 Å². The minimum atomic E-state index is -1.80. The molecule has 0 saturated heterocycles. The van der Waals surface area contributed by atoms with E-state index in [1.165, 1.54) is 0 Å². The molecule has 2 rings (SSSR count). The fourth-order valence-electron chi connectivity index (χ4n) is 2.65. The van der Waals surface area contributed by atoms with Gasteiger partial charge in [0.05, 0.1) is 26.4 Å². The summed E-state index contributed by atoms with van der Waals surface area (Å²) in [6.07, 6.45) is -1.80. The van der Waals surface area contributed by atoms with E-state index in [0.29, 0.717) is 33.4 Å². The Morgan fingerprint density at radius 2 is 1.04 bits per heavy atom. The number of hydrogen-bond donors (Lipinski definition) is 6. The summed E-state index contributed by atoms with van der Waals surface area (Å²) in [7, 11) is 0. The van der Waals surface area contributed by atoms with Gasteiger partial charge in [-0.1, -0.05) is 6.07 Å². The Morgan fingerprint density at radius 1 is 0.609 bits per heavy atom. The molecule has 6 nitrogen and oxygen atoms in total. The summed E-state index contributed by atoms with van der Waals surface area (Å²) in [6.45, 7) is -1.21. The molecule has 0 unspecified atom stereocenters. The highest BCUT2D eigenvalue weighted by molar-refractivity contribution is 5.68. The van der Waals surface area contributed by atoms with Crippen LogP contribution in [0.4, 0.5) is 0 Å². The molecule has 0 fully saturated rings. The van der Waals surface area contributed by atoms with Crippen LogP contribution in [0.1, 0.15) is 34.1 Å².